The molecule has 0 aliphatic heterocycles. The summed E-state index contributed by atoms with van der Waals surface area (Å²) in [5.41, 5.74) is 4.93. The zero-order valence-corrected chi connectivity index (χ0v) is 17.7. The molecule has 0 spiro atoms. The predicted molar refractivity (Wildman–Crippen MR) is 120 cm³/mol. The molecule has 0 bridgehead atoms. The van der Waals surface area contributed by atoms with Gasteiger partial charge in [-0.2, -0.15) is 0 Å². The van der Waals surface area contributed by atoms with Crippen molar-refractivity contribution >= 4 is 28.9 Å². The predicted octanol–water partition coefficient (Wildman–Crippen LogP) is 5.26. The summed E-state index contributed by atoms with van der Waals surface area (Å²) in [4.78, 5) is 27.0. The third-order valence-corrected chi connectivity index (χ3v) is 5.13. The first-order valence-electron chi connectivity index (χ1n) is 9.84. The van der Waals surface area contributed by atoms with Crippen LogP contribution in [0.3, 0.4) is 0 Å². The number of nitrogens with zero attached hydrogens (tertiary/aromatic N) is 1. The molecule has 0 heterocycles. The summed E-state index contributed by atoms with van der Waals surface area (Å²) in [5, 5.41) is 3.32. The third-order valence-electron chi connectivity index (χ3n) is 5.13. The molecule has 1 N–H and O–H groups in total. The topological polar surface area (TPSA) is 58.6 Å². The lowest BCUT2D eigenvalue weighted by Gasteiger charge is -2.22. The summed E-state index contributed by atoms with van der Waals surface area (Å²) >= 11 is 0. The Bertz CT molecular complexity index is 1050. The summed E-state index contributed by atoms with van der Waals surface area (Å²) in [6, 6.07) is 22.3. The van der Waals surface area contributed by atoms with Crippen LogP contribution in [-0.4, -0.2) is 25.0 Å². The lowest BCUT2D eigenvalue weighted by atomic mass is 10.1. The molecule has 0 aromatic heterocycles. The average Bonchev–Trinajstić information content (AvgIpc) is 2.76. The summed E-state index contributed by atoms with van der Waals surface area (Å²) in [6.45, 7) is 5.65. The molecular weight excluding hydrogens is 376 g/mol. The van der Waals surface area contributed by atoms with Crippen molar-refractivity contribution in [3.63, 3.8) is 0 Å². The van der Waals surface area contributed by atoms with E-state index in [-0.39, 0.29) is 5.91 Å². The fourth-order valence-electron chi connectivity index (χ4n) is 3.13. The maximum atomic E-state index is 12.8. The lowest BCUT2D eigenvalue weighted by molar-refractivity contribution is -0.126. The van der Waals surface area contributed by atoms with Gasteiger partial charge in [0.2, 0.25) is 0 Å². The highest BCUT2D eigenvalue weighted by molar-refractivity contribution is 6.01. The number of rotatable bonds is 6. The van der Waals surface area contributed by atoms with Gasteiger partial charge in [-0.1, -0.05) is 42.5 Å². The summed E-state index contributed by atoms with van der Waals surface area (Å²) in [6.07, 6.45) is -0.920. The number of hydrogen-bond acceptors (Lipinski definition) is 4. The number of benzene rings is 3. The van der Waals surface area contributed by atoms with E-state index in [1.807, 2.05) is 74.5 Å². The number of hydrogen-bond donors (Lipinski definition) is 1. The van der Waals surface area contributed by atoms with Gasteiger partial charge in [-0.15, -0.1) is 0 Å². The van der Waals surface area contributed by atoms with Crippen molar-refractivity contribution in [3.8, 4) is 0 Å². The highest BCUT2D eigenvalue weighted by Crippen LogP contribution is 2.26. The molecular formula is C25H26N2O3. The van der Waals surface area contributed by atoms with Gasteiger partial charge in [0.15, 0.2) is 6.10 Å². The van der Waals surface area contributed by atoms with E-state index < -0.39 is 12.1 Å². The van der Waals surface area contributed by atoms with E-state index in [2.05, 4.69) is 5.32 Å². The quantitative estimate of drug-likeness (QED) is 0.572. The average molecular weight is 402 g/mol. The van der Waals surface area contributed by atoms with Gasteiger partial charge in [0, 0.05) is 18.4 Å². The number of anilines is 3. The smallest absolute Gasteiger partial charge is 0.341 e. The van der Waals surface area contributed by atoms with Crippen LogP contribution in [0.4, 0.5) is 17.1 Å². The minimum absolute atomic E-state index is 0.297. The summed E-state index contributed by atoms with van der Waals surface area (Å²) in [7, 11) is 1.66. The number of carbonyl (C=O) groups is 2. The zero-order chi connectivity index (χ0) is 21.7. The molecule has 5 nitrogen and oxygen atoms in total. The number of para-hydroxylation sites is 2. The summed E-state index contributed by atoms with van der Waals surface area (Å²) < 4.78 is 5.50. The van der Waals surface area contributed by atoms with E-state index in [0.29, 0.717) is 11.3 Å². The van der Waals surface area contributed by atoms with E-state index >= 15 is 0 Å². The van der Waals surface area contributed by atoms with Gasteiger partial charge in [-0.05, 0) is 62.2 Å². The Morgan fingerprint density at radius 3 is 2.23 bits per heavy atom. The van der Waals surface area contributed by atoms with Crippen LogP contribution in [0, 0.1) is 13.8 Å². The van der Waals surface area contributed by atoms with Gasteiger partial charge in [0.05, 0.1) is 11.3 Å². The standard InChI is InChI=1S/C25H26N2O3/c1-17-11-10-16-22(18(17)2)26-23-15-9-8-14-21(23)25(29)30-19(3)24(28)27(4)20-12-6-5-7-13-20/h5-16,19,26H,1-4H3/t19-/m1/s1. The number of likely N-dealkylation sites (N-methyl/N-ethyl adjacent to an activating group) is 1. The second-order valence-electron chi connectivity index (χ2n) is 7.20. The van der Waals surface area contributed by atoms with Crippen LogP contribution in [0.15, 0.2) is 72.8 Å². The number of carbonyl (C=O) groups excluding carboxylic acids is 2. The van der Waals surface area contributed by atoms with E-state index in [1.54, 1.807) is 26.1 Å². The minimum atomic E-state index is -0.920. The van der Waals surface area contributed by atoms with E-state index in [4.69, 9.17) is 4.74 Å². The van der Waals surface area contributed by atoms with Gasteiger partial charge < -0.3 is 15.0 Å². The third kappa shape index (κ3) is 4.69. The first kappa shape index (κ1) is 21.1. The number of nitrogens with one attached hydrogen (secondary N) is 1. The Morgan fingerprint density at radius 1 is 0.867 bits per heavy atom. The SMILES string of the molecule is Cc1cccc(Nc2ccccc2C(=O)O[C@H](C)C(=O)N(C)c2ccccc2)c1C. The molecule has 0 saturated heterocycles. The molecule has 1 atom stereocenters. The lowest BCUT2D eigenvalue weighted by Crippen LogP contribution is -2.37. The van der Waals surface area contributed by atoms with Crippen LogP contribution < -0.4 is 10.2 Å². The fraction of sp³-hybridized carbons (Fsp3) is 0.200. The molecule has 5 heteroatoms. The van der Waals surface area contributed by atoms with Crippen LogP contribution in [0.1, 0.15) is 28.4 Å². The molecule has 154 valence electrons. The molecule has 0 saturated carbocycles. The monoisotopic (exact) mass is 402 g/mol. The highest BCUT2D eigenvalue weighted by atomic mass is 16.5. The zero-order valence-electron chi connectivity index (χ0n) is 17.7. The largest absolute Gasteiger partial charge is 0.449 e. The van der Waals surface area contributed by atoms with Gasteiger partial charge in [0.1, 0.15) is 0 Å². The molecule has 3 rings (SSSR count). The second kappa shape index (κ2) is 9.27. The second-order valence-corrected chi connectivity index (χ2v) is 7.20. The normalized spacial score (nSPS) is 11.5. The van der Waals surface area contributed by atoms with Gasteiger partial charge in [-0.25, -0.2) is 4.79 Å². The van der Waals surface area contributed by atoms with Crippen molar-refractivity contribution in [2.75, 3.05) is 17.3 Å². The van der Waals surface area contributed by atoms with Crippen LogP contribution in [0.2, 0.25) is 0 Å². The van der Waals surface area contributed by atoms with Crippen molar-refractivity contribution in [1.82, 2.24) is 0 Å². The maximum absolute atomic E-state index is 12.8. The van der Waals surface area contributed by atoms with Gasteiger partial charge >= 0.3 is 5.97 Å². The van der Waals surface area contributed by atoms with Crippen molar-refractivity contribution in [1.29, 1.82) is 0 Å². The number of ether oxygens (including phenoxy) is 1. The van der Waals surface area contributed by atoms with E-state index in [9.17, 15) is 9.59 Å². The van der Waals surface area contributed by atoms with Crippen LogP contribution in [0.5, 0.6) is 0 Å². The molecule has 0 unspecified atom stereocenters. The van der Waals surface area contributed by atoms with Crippen LogP contribution >= 0.6 is 0 Å². The Morgan fingerprint density at radius 2 is 1.50 bits per heavy atom. The Kier molecular flexibility index (Phi) is 6.52. The number of esters is 1. The van der Waals surface area contributed by atoms with Crippen molar-refractivity contribution in [2.24, 2.45) is 0 Å². The first-order valence-corrected chi connectivity index (χ1v) is 9.84. The van der Waals surface area contributed by atoms with E-state index in [0.717, 1.165) is 22.5 Å². The molecule has 1 amide bonds. The molecule has 3 aromatic carbocycles. The number of amides is 1. The van der Waals surface area contributed by atoms with E-state index in [1.165, 1.54) is 4.90 Å². The number of aryl methyl sites for hydroxylation is 1. The molecule has 3 aromatic rings. The van der Waals surface area contributed by atoms with Crippen LogP contribution in [0.25, 0.3) is 0 Å². The molecule has 0 radical (unpaired) electrons. The molecule has 0 fully saturated rings. The first-order chi connectivity index (χ1) is 14.4. The minimum Gasteiger partial charge on any atom is -0.449 e. The molecule has 0 aliphatic rings. The molecule has 0 aliphatic carbocycles. The summed E-state index contributed by atoms with van der Waals surface area (Å²) in [5.74, 6) is -0.847. The van der Waals surface area contributed by atoms with Crippen molar-refractivity contribution in [2.45, 2.75) is 26.9 Å². The Labute approximate surface area is 177 Å². The van der Waals surface area contributed by atoms with Crippen LogP contribution in [-0.2, 0) is 9.53 Å². The Hall–Kier alpha value is -3.60. The fourth-order valence-corrected chi connectivity index (χ4v) is 3.13. The highest BCUT2D eigenvalue weighted by Gasteiger charge is 2.24. The van der Waals surface area contributed by atoms with Crippen molar-refractivity contribution < 1.29 is 14.3 Å². The maximum Gasteiger partial charge on any atom is 0.341 e. The van der Waals surface area contributed by atoms with Crippen molar-refractivity contribution in [3.05, 3.63) is 89.5 Å². The molecule has 30 heavy (non-hydrogen) atoms. The Balaban J connectivity index is 1.76. The van der Waals surface area contributed by atoms with Gasteiger partial charge in [0.25, 0.3) is 5.91 Å². The van der Waals surface area contributed by atoms with Gasteiger partial charge in [-0.3, -0.25) is 4.79 Å².